The zero-order valence-corrected chi connectivity index (χ0v) is 16.2. The smallest absolute Gasteiger partial charge is 0.104 e. The van der Waals surface area contributed by atoms with Gasteiger partial charge in [-0.05, 0) is 24.3 Å². The summed E-state index contributed by atoms with van der Waals surface area (Å²) >= 11 is 0. The van der Waals surface area contributed by atoms with Crippen molar-refractivity contribution in [1.82, 2.24) is 0 Å². The highest BCUT2D eigenvalue weighted by atomic mass is 15.3. The lowest BCUT2D eigenvalue weighted by Gasteiger charge is -2.33. The highest BCUT2D eigenvalue weighted by Crippen LogP contribution is 2.15. The molecule has 0 saturated heterocycles. The molecule has 0 fully saturated rings. The molecular weight excluding hydrogens is 308 g/mol. The maximum Gasteiger partial charge on any atom is 0.104 e. The van der Waals surface area contributed by atoms with E-state index in [4.69, 9.17) is 11.5 Å². The molecule has 0 heterocycles. The maximum atomic E-state index is 5.78. The third-order valence-corrected chi connectivity index (χ3v) is 4.71. The molecule has 2 aromatic rings. The minimum Gasteiger partial charge on any atom is -0.399 e. The lowest BCUT2D eigenvalue weighted by atomic mass is 10.1. The number of nitrogens with two attached hydrogens (primary N) is 2. The summed E-state index contributed by atoms with van der Waals surface area (Å²) in [7, 11) is 9.21. The zero-order chi connectivity index (χ0) is 18.5. The quantitative estimate of drug-likeness (QED) is 0.572. The van der Waals surface area contributed by atoms with Crippen LogP contribution in [0.4, 0.5) is 11.4 Å². The molecule has 0 saturated carbocycles. The van der Waals surface area contributed by atoms with Crippen molar-refractivity contribution in [2.24, 2.45) is 0 Å². The first-order valence-corrected chi connectivity index (χ1v) is 8.98. The van der Waals surface area contributed by atoms with E-state index in [0.717, 1.165) is 46.5 Å². The van der Waals surface area contributed by atoms with E-state index in [-0.39, 0.29) is 0 Å². The fourth-order valence-electron chi connectivity index (χ4n) is 3.32. The Bertz CT molecular complexity index is 598. The molecule has 0 bridgehead atoms. The monoisotopic (exact) mass is 342 g/mol. The Labute approximate surface area is 152 Å². The van der Waals surface area contributed by atoms with Gasteiger partial charge < -0.3 is 20.4 Å². The van der Waals surface area contributed by atoms with Crippen molar-refractivity contribution in [3.63, 3.8) is 0 Å². The van der Waals surface area contributed by atoms with Crippen molar-refractivity contribution in [3.8, 4) is 0 Å². The Balaban J connectivity index is 1.82. The van der Waals surface area contributed by atoms with Crippen LogP contribution < -0.4 is 11.5 Å². The SMILES string of the molecule is C[N+](C)(CCC[N+](C)(C)Cc1ccc(N)cc1)Cc1ccc(N)cc1. The number of quaternary nitrogens is 2. The standard InChI is InChI=1S/C21H34N4/c1-24(2,16-18-6-10-20(22)11-7-18)14-5-15-25(3,4)17-19-8-12-21(23)13-9-19/h6-13H,5,14-17,22-23H2,1-4H3/q+2. The van der Waals surface area contributed by atoms with E-state index in [9.17, 15) is 0 Å². The van der Waals surface area contributed by atoms with Gasteiger partial charge >= 0.3 is 0 Å². The van der Waals surface area contributed by atoms with Crippen molar-refractivity contribution in [2.75, 3.05) is 52.7 Å². The van der Waals surface area contributed by atoms with Gasteiger partial charge in [-0.25, -0.2) is 0 Å². The zero-order valence-electron chi connectivity index (χ0n) is 16.2. The molecule has 0 atom stereocenters. The van der Waals surface area contributed by atoms with Gasteiger partial charge in [-0.3, -0.25) is 0 Å². The van der Waals surface area contributed by atoms with Crippen LogP contribution in [0.25, 0.3) is 0 Å². The van der Waals surface area contributed by atoms with Crippen LogP contribution in [0.2, 0.25) is 0 Å². The Morgan fingerprint density at radius 3 is 1.24 bits per heavy atom. The largest absolute Gasteiger partial charge is 0.399 e. The number of nitrogens with zero attached hydrogens (tertiary/aromatic N) is 2. The van der Waals surface area contributed by atoms with Gasteiger partial charge in [0.25, 0.3) is 0 Å². The van der Waals surface area contributed by atoms with Gasteiger partial charge in [-0.1, -0.05) is 24.3 Å². The summed E-state index contributed by atoms with van der Waals surface area (Å²) in [6.45, 7) is 4.39. The van der Waals surface area contributed by atoms with Gasteiger partial charge in [0.1, 0.15) is 13.1 Å². The average molecular weight is 343 g/mol. The number of nitrogen functional groups attached to an aromatic ring is 2. The van der Waals surface area contributed by atoms with Crippen molar-refractivity contribution in [1.29, 1.82) is 0 Å². The molecule has 4 nitrogen and oxygen atoms in total. The number of benzene rings is 2. The van der Waals surface area contributed by atoms with E-state index in [2.05, 4.69) is 52.5 Å². The molecule has 0 aliphatic rings. The Morgan fingerprint density at radius 1 is 0.600 bits per heavy atom. The summed E-state index contributed by atoms with van der Waals surface area (Å²) in [6.07, 6.45) is 1.20. The Kier molecular flexibility index (Phi) is 6.09. The van der Waals surface area contributed by atoms with Crippen molar-refractivity contribution >= 4 is 11.4 Å². The molecule has 0 aliphatic heterocycles. The molecule has 2 aromatic carbocycles. The first-order valence-electron chi connectivity index (χ1n) is 8.98. The number of hydrogen-bond acceptors (Lipinski definition) is 2. The molecule has 0 unspecified atom stereocenters. The van der Waals surface area contributed by atoms with Gasteiger partial charge in [0, 0.05) is 28.9 Å². The predicted octanol–water partition coefficient (Wildman–Crippen LogP) is 3.09. The molecular formula is C21H34N4+2. The van der Waals surface area contributed by atoms with E-state index >= 15 is 0 Å². The summed E-state index contributed by atoms with van der Waals surface area (Å²) in [5.74, 6) is 0. The van der Waals surface area contributed by atoms with Crippen molar-refractivity contribution in [3.05, 3.63) is 59.7 Å². The second-order valence-electron chi connectivity index (χ2n) is 8.47. The topological polar surface area (TPSA) is 52.0 Å². The van der Waals surface area contributed by atoms with Gasteiger partial charge in [-0.15, -0.1) is 0 Å². The molecule has 4 heteroatoms. The second-order valence-corrected chi connectivity index (χ2v) is 8.47. The van der Waals surface area contributed by atoms with Crippen LogP contribution in [-0.2, 0) is 13.1 Å². The van der Waals surface area contributed by atoms with E-state index in [1.165, 1.54) is 17.5 Å². The minimum atomic E-state index is 0.829. The molecule has 0 radical (unpaired) electrons. The van der Waals surface area contributed by atoms with Crippen LogP contribution in [0.5, 0.6) is 0 Å². The predicted molar refractivity (Wildman–Crippen MR) is 108 cm³/mol. The van der Waals surface area contributed by atoms with E-state index in [1.807, 2.05) is 24.3 Å². The van der Waals surface area contributed by atoms with Gasteiger partial charge in [-0.2, -0.15) is 0 Å². The molecule has 4 N–H and O–H groups in total. The van der Waals surface area contributed by atoms with Crippen LogP contribution in [0.1, 0.15) is 17.5 Å². The minimum absolute atomic E-state index is 0.829. The fraction of sp³-hybridized carbons (Fsp3) is 0.429. The summed E-state index contributed by atoms with van der Waals surface area (Å²) in [5.41, 5.74) is 15.9. The molecule has 0 aromatic heterocycles. The highest BCUT2D eigenvalue weighted by molar-refractivity contribution is 5.39. The summed E-state index contributed by atoms with van der Waals surface area (Å²) in [5, 5.41) is 0. The first kappa shape index (κ1) is 19.3. The van der Waals surface area contributed by atoms with Crippen LogP contribution in [0.3, 0.4) is 0 Å². The second kappa shape index (κ2) is 7.89. The molecule has 2 rings (SSSR count). The number of hydrogen-bond donors (Lipinski definition) is 2. The summed E-state index contributed by atoms with van der Waals surface area (Å²) < 4.78 is 1.98. The van der Waals surface area contributed by atoms with E-state index in [1.54, 1.807) is 0 Å². The van der Waals surface area contributed by atoms with Gasteiger partial charge in [0.15, 0.2) is 0 Å². The van der Waals surface area contributed by atoms with Crippen LogP contribution in [0, 0.1) is 0 Å². The molecule has 25 heavy (non-hydrogen) atoms. The third-order valence-electron chi connectivity index (χ3n) is 4.71. The van der Waals surface area contributed by atoms with E-state index < -0.39 is 0 Å². The Morgan fingerprint density at radius 2 is 0.920 bits per heavy atom. The van der Waals surface area contributed by atoms with Crippen LogP contribution in [0.15, 0.2) is 48.5 Å². The van der Waals surface area contributed by atoms with Gasteiger partial charge in [0.05, 0.1) is 41.3 Å². The van der Waals surface area contributed by atoms with Crippen molar-refractivity contribution in [2.45, 2.75) is 19.5 Å². The van der Waals surface area contributed by atoms with Crippen molar-refractivity contribution < 1.29 is 8.97 Å². The summed E-state index contributed by atoms with van der Waals surface area (Å²) in [4.78, 5) is 0. The Hall–Kier alpha value is -2.04. The van der Waals surface area contributed by atoms with Crippen LogP contribution >= 0.6 is 0 Å². The number of anilines is 2. The number of rotatable bonds is 8. The first-order chi connectivity index (χ1) is 11.7. The normalized spacial score (nSPS) is 12.3. The molecule has 0 aliphatic carbocycles. The maximum absolute atomic E-state index is 5.78. The molecule has 0 spiro atoms. The lowest BCUT2D eigenvalue weighted by Crippen LogP contribution is -2.44. The fourth-order valence-corrected chi connectivity index (χ4v) is 3.32. The van der Waals surface area contributed by atoms with E-state index in [0.29, 0.717) is 0 Å². The third kappa shape index (κ3) is 6.77. The molecule has 136 valence electrons. The highest BCUT2D eigenvalue weighted by Gasteiger charge is 2.20. The summed E-state index contributed by atoms with van der Waals surface area (Å²) in [6, 6.07) is 16.5. The molecule has 0 amide bonds. The average Bonchev–Trinajstić information content (AvgIpc) is 2.51. The van der Waals surface area contributed by atoms with Gasteiger partial charge in [0.2, 0.25) is 0 Å². The lowest BCUT2D eigenvalue weighted by molar-refractivity contribution is -0.922. The van der Waals surface area contributed by atoms with Crippen LogP contribution in [-0.4, -0.2) is 50.2 Å².